The molecule has 202 valence electrons. The molecule has 0 amide bonds. The maximum Gasteiger partial charge on any atom is 0.1000 e. The third-order valence-electron chi connectivity index (χ3n) is 5.20. The Balaban J connectivity index is -0.000000472. The molecule has 9 heteroatoms. The monoisotopic (exact) mass is 628 g/mol. The summed E-state index contributed by atoms with van der Waals surface area (Å²) in [6.07, 6.45) is 2.33. The molecular weight excluding hydrogens is 571 g/mol. The van der Waals surface area contributed by atoms with Crippen molar-refractivity contribution in [3.05, 3.63) is 29.6 Å². The van der Waals surface area contributed by atoms with Gasteiger partial charge in [-0.05, 0) is 103 Å². The van der Waals surface area contributed by atoms with Gasteiger partial charge in [-0.3, -0.25) is 4.98 Å². The summed E-state index contributed by atoms with van der Waals surface area (Å²) < 4.78 is 0. The van der Waals surface area contributed by atoms with E-state index in [0.717, 1.165) is 0 Å². The summed E-state index contributed by atoms with van der Waals surface area (Å²) in [7, 11) is -1.05. The van der Waals surface area contributed by atoms with E-state index in [-0.39, 0.29) is 29.0 Å². The van der Waals surface area contributed by atoms with Crippen molar-refractivity contribution in [1.29, 1.82) is 21.6 Å². The second kappa shape index (κ2) is 18.3. The number of hydrogen-bond donors (Lipinski definition) is 0. The first kappa shape index (κ1) is 42.1. The second-order valence-electron chi connectivity index (χ2n) is 13.4. The summed E-state index contributed by atoms with van der Waals surface area (Å²) in [5, 5.41) is 25.5. The maximum atomic E-state index is 6.00. The molecule has 0 fully saturated rings. The Kier molecular flexibility index (Phi) is 21.9. The first-order valence-electron chi connectivity index (χ1n) is 12.0. The molecule has 0 aliphatic heterocycles. The zero-order valence-corrected chi connectivity index (χ0v) is 30.3. The minimum absolute atomic E-state index is 0. The van der Waals surface area contributed by atoms with Gasteiger partial charge in [0.25, 0.3) is 0 Å². The SMILES string of the molecule is CC(C)(C)[PH+](Cc1cccc(C[PH+](C(C)(C)C)C(C)(C)C)n1)C(C)(C)C.C[PH+](C)C.N#N.N#N.[Mo]. The quantitative estimate of drug-likeness (QED) is 0.188. The fourth-order valence-electron chi connectivity index (χ4n) is 4.40. The summed E-state index contributed by atoms with van der Waals surface area (Å²) in [5.74, 6) is 0. The van der Waals surface area contributed by atoms with Gasteiger partial charge in [0, 0.05) is 78.5 Å². The molecular formula is C26H55MoN5P3+3. The molecule has 0 aliphatic rings. The molecule has 0 radical (unpaired) electrons. The minimum atomic E-state index is -0.583. The predicted molar refractivity (Wildman–Crippen MR) is 160 cm³/mol. The van der Waals surface area contributed by atoms with E-state index in [2.05, 4.69) is 121 Å². The van der Waals surface area contributed by atoms with Gasteiger partial charge in [-0.15, -0.1) is 0 Å². The molecule has 0 bridgehead atoms. The van der Waals surface area contributed by atoms with Crippen molar-refractivity contribution in [2.45, 2.75) is 116 Å². The molecule has 0 spiro atoms. The summed E-state index contributed by atoms with van der Waals surface area (Å²) >= 11 is 0. The van der Waals surface area contributed by atoms with Gasteiger partial charge in [-0.2, -0.15) is 0 Å². The van der Waals surface area contributed by atoms with Gasteiger partial charge < -0.3 is 0 Å². The van der Waals surface area contributed by atoms with Crippen molar-refractivity contribution in [3.63, 3.8) is 0 Å². The van der Waals surface area contributed by atoms with Crippen LogP contribution in [-0.2, 0) is 33.4 Å². The molecule has 5 nitrogen and oxygen atoms in total. The minimum Gasteiger partial charge on any atom is -0.250 e. The average molecular weight is 627 g/mol. The molecule has 1 aromatic heterocycles. The van der Waals surface area contributed by atoms with Gasteiger partial charge >= 0.3 is 0 Å². The van der Waals surface area contributed by atoms with Crippen molar-refractivity contribution in [2.24, 2.45) is 0 Å². The van der Waals surface area contributed by atoms with Crippen LogP contribution in [0.3, 0.4) is 0 Å². The Morgan fingerprint density at radius 3 is 0.943 bits per heavy atom. The topological polar surface area (TPSA) is 108 Å². The molecule has 0 aromatic carbocycles. The van der Waals surface area contributed by atoms with E-state index in [9.17, 15) is 0 Å². The largest absolute Gasteiger partial charge is 0.250 e. The Hall–Kier alpha value is -0.0317. The van der Waals surface area contributed by atoms with Crippen LogP contribution < -0.4 is 0 Å². The van der Waals surface area contributed by atoms with Crippen LogP contribution in [0.5, 0.6) is 0 Å². The number of rotatable bonds is 4. The molecule has 0 N–H and O–H groups in total. The van der Waals surface area contributed by atoms with Crippen LogP contribution in [0.25, 0.3) is 0 Å². The number of nitrogens with zero attached hydrogens (tertiary/aromatic N) is 5. The molecule has 1 heterocycles. The summed E-state index contributed by atoms with van der Waals surface area (Å²) in [6.45, 7) is 35.8. The van der Waals surface area contributed by atoms with Gasteiger partial charge in [-0.25, -0.2) is 0 Å². The fourth-order valence-corrected chi connectivity index (χ4v) is 12.1. The van der Waals surface area contributed by atoms with E-state index in [1.807, 2.05) is 0 Å². The van der Waals surface area contributed by atoms with Crippen LogP contribution in [0.4, 0.5) is 0 Å². The first-order valence-corrected chi connectivity index (χ1v) is 18.4. The van der Waals surface area contributed by atoms with Gasteiger partial charge in [0.2, 0.25) is 0 Å². The van der Waals surface area contributed by atoms with Crippen LogP contribution in [0.2, 0.25) is 0 Å². The summed E-state index contributed by atoms with van der Waals surface area (Å²) in [6, 6.07) is 6.76. The number of aromatic nitrogens is 1. The van der Waals surface area contributed by atoms with E-state index in [4.69, 9.17) is 26.6 Å². The van der Waals surface area contributed by atoms with E-state index < -0.39 is 15.8 Å². The molecule has 0 atom stereocenters. The molecule has 35 heavy (non-hydrogen) atoms. The smallest absolute Gasteiger partial charge is 0.1000 e. The fraction of sp³-hybridized carbons (Fsp3) is 0.808. The third kappa shape index (κ3) is 19.7. The van der Waals surface area contributed by atoms with Crippen LogP contribution in [0.15, 0.2) is 18.2 Å². The Bertz CT molecular complexity index is 639. The zero-order valence-electron chi connectivity index (χ0n) is 25.3. The van der Waals surface area contributed by atoms with E-state index in [1.165, 1.54) is 23.7 Å². The normalized spacial score (nSPS) is 11.8. The molecule has 0 aliphatic carbocycles. The maximum absolute atomic E-state index is 6.00. The number of hydrogen-bond acceptors (Lipinski definition) is 5. The third-order valence-corrected chi connectivity index (χ3v) is 13.9. The van der Waals surface area contributed by atoms with Gasteiger partial charge in [0.1, 0.15) is 0 Å². The molecule has 0 saturated heterocycles. The van der Waals surface area contributed by atoms with E-state index in [0.29, 0.717) is 20.6 Å². The Morgan fingerprint density at radius 2 is 0.771 bits per heavy atom. The van der Waals surface area contributed by atoms with Crippen molar-refractivity contribution in [3.8, 4) is 0 Å². The van der Waals surface area contributed by atoms with E-state index in [1.54, 1.807) is 0 Å². The zero-order chi connectivity index (χ0) is 28.1. The van der Waals surface area contributed by atoms with Crippen LogP contribution in [-0.4, -0.2) is 45.6 Å². The Labute approximate surface area is 236 Å². The predicted octanol–water partition coefficient (Wildman–Crippen LogP) is 8.85. The summed E-state index contributed by atoms with van der Waals surface area (Å²) in [4.78, 5) is 5.16. The van der Waals surface area contributed by atoms with Crippen LogP contribution in [0.1, 0.15) is 94.5 Å². The average Bonchev–Trinajstić information content (AvgIpc) is 2.64. The van der Waals surface area contributed by atoms with E-state index >= 15 is 0 Å². The number of pyridine rings is 1. The molecule has 1 rings (SSSR count). The first-order chi connectivity index (χ1) is 15.2. The summed E-state index contributed by atoms with van der Waals surface area (Å²) in [5.41, 5.74) is 2.62. The van der Waals surface area contributed by atoms with Crippen molar-refractivity contribution >= 4 is 23.8 Å². The van der Waals surface area contributed by atoms with Gasteiger partial charge in [-0.1, -0.05) is 6.07 Å². The van der Waals surface area contributed by atoms with Gasteiger partial charge in [0.15, 0.2) is 0 Å². The van der Waals surface area contributed by atoms with Crippen molar-refractivity contribution < 1.29 is 21.1 Å². The molecule has 1 aromatic rings. The Morgan fingerprint density at radius 1 is 0.571 bits per heavy atom. The van der Waals surface area contributed by atoms with Gasteiger partial charge in [0.05, 0.1) is 44.3 Å². The molecule has 0 saturated carbocycles. The molecule has 0 unspecified atom stereocenters. The van der Waals surface area contributed by atoms with Crippen LogP contribution in [0, 0.1) is 21.6 Å². The standard InChI is InChI=1S/C23H43NP2.C3H9P.Mo.2N2/c1-20(2,3)25(21(4,5)6)16-18-14-13-15-19(24-18)17-26(22(7,8)9)23(10,11)12;1-4(2)3;;2*1-2/h13-15H,16-17H2,1-12H3;1-3H3;;;/p+3. The van der Waals surface area contributed by atoms with Crippen LogP contribution >= 0.6 is 23.8 Å². The van der Waals surface area contributed by atoms with Crippen molar-refractivity contribution in [2.75, 3.05) is 20.0 Å². The van der Waals surface area contributed by atoms with Crippen molar-refractivity contribution in [1.82, 2.24) is 4.98 Å². The second-order valence-corrected chi connectivity index (χ2v) is 25.1.